The number of nitrogens with one attached hydrogen (secondary N) is 1. The van der Waals surface area contributed by atoms with Gasteiger partial charge in [0.2, 0.25) is 11.9 Å². The highest BCUT2D eigenvalue weighted by atomic mass is 32.2. The highest BCUT2D eigenvalue weighted by Crippen LogP contribution is 2.50. The Balaban J connectivity index is 1.71. The van der Waals surface area contributed by atoms with Gasteiger partial charge in [0.1, 0.15) is 18.3 Å². The van der Waals surface area contributed by atoms with E-state index >= 15 is 0 Å². The van der Waals surface area contributed by atoms with Crippen molar-refractivity contribution in [3.8, 4) is 0 Å². The van der Waals surface area contributed by atoms with Crippen LogP contribution in [-0.2, 0) is 23.1 Å². The number of aromatic nitrogens is 4. The van der Waals surface area contributed by atoms with Crippen molar-refractivity contribution in [2.75, 3.05) is 18.1 Å². The predicted molar refractivity (Wildman–Crippen MR) is 100 cm³/mol. The minimum absolute atomic E-state index is 0.0426. The van der Waals surface area contributed by atoms with Gasteiger partial charge in [-0.25, -0.2) is 4.98 Å². The molecule has 5 atom stereocenters. The number of carbonyl (C=O) groups is 1. The van der Waals surface area contributed by atoms with Crippen LogP contribution < -0.4 is 21.9 Å². The van der Waals surface area contributed by atoms with Gasteiger partial charge in [-0.05, 0) is 6.42 Å². The number of primary amides is 1. The average molecular weight is 461 g/mol. The molecule has 2 aliphatic heterocycles. The van der Waals surface area contributed by atoms with E-state index in [1.54, 1.807) is 0 Å². The van der Waals surface area contributed by atoms with Gasteiger partial charge in [0.15, 0.2) is 22.5 Å². The average Bonchev–Trinajstić information content (AvgIpc) is 3.16. The van der Waals surface area contributed by atoms with Crippen LogP contribution in [0.15, 0.2) is 9.95 Å². The molecule has 0 radical (unpaired) electrons. The van der Waals surface area contributed by atoms with Gasteiger partial charge in [-0.3, -0.25) is 23.7 Å². The van der Waals surface area contributed by atoms with Gasteiger partial charge >= 0.3 is 0 Å². The number of fused-ring (bicyclic) bond motifs is 2. The molecule has 0 aromatic carbocycles. The van der Waals surface area contributed by atoms with Crippen LogP contribution in [0, 0.1) is 0 Å². The van der Waals surface area contributed by atoms with Crippen LogP contribution in [0.25, 0.3) is 11.2 Å². The number of H-pyrrole nitrogens is 1. The van der Waals surface area contributed by atoms with E-state index in [9.17, 15) is 24.2 Å². The molecule has 164 valence electrons. The van der Waals surface area contributed by atoms with E-state index in [2.05, 4.69) is 19.5 Å². The quantitative estimate of drug-likeness (QED) is 0.213. The third-order valence-electron chi connectivity index (χ3n) is 4.55. The molecular weight excluding hydrogens is 443 g/mol. The van der Waals surface area contributed by atoms with Gasteiger partial charge in [-0.2, -0.15) is 4.98 Å². The molecule has 2 fully saturated rings. The number of nitrogen functional groups attached to an aromatic ring is 1. The lowest BCUT2D eigenvalue weighted by Crippen LogP contribution is -2.41. The molecule has 30 heavy (non-hydrogen) atoms. The topological polar surface area (TPSA) is 221 Å². The summed E-state index contributed by atoms with van der Waals surface area (Å²) < 4.78 is 28.2. The molecule has 3 unspecified atom stereocenters. The summed E-state index contributed by atoms with van der Waals surface area (Å²) in [5, 5.41) is 11.0. The van der Waals surface area contributed by atoms with E-state index < -0.39 is 43.8 Å². The second-order valence-electron chi connectivity index (χ2n) is 6.67. The first-order valence-electron chi connectivity index (χ1n) is 8.82. The molecule has 2 saturated heterocycles. The number of aliphatic hydroxyl groups is 1. The molecule has 0 saturated carbocycles. The van der Waals surface area contributed by atoms with E-state index in [1.807, 2.05) is 0 Å². The standard InChI is InChI=1S/C14H19N6O8PS/c15-6(21)2-1-3-30-14-17-7-10(18-13(16)19-11(7)23)20(14)12-8(22)9-5(27-12)4-26-29(24,25)28-9/h5,8-9,12,22H,1-4H2,(H2,15,21)(H,24,25)(H3,16,18,19,23)/p-1/t5?,8?,9-,12-/m1/s1. The molecule has 1 amide bonds. The van der Waals surface area contributed by atoms with Crippen LogP contribution in [0.2, 0.25) is 0 Å². The summed E-state index contributed by atoms with van der Waals surface area (Å²) in [4.78, 5) is 45.5. The molecule has 0 spiro atoms. The van der Waals surface area contributed by atoms with Gasteiger partial charge in [-0.15, -0.1) is 0 Å². The predicted octanol–water partition coefficient (Wildman–Crippen LogP) is -1.80. The van der Waals surface area contributed by atoms with Crippen LogP contribution in [0.5, 0.6) is 0 Å². The smallest absolute Gasteiger partial charge is 0.280 e. The maximum atomic E-state index is 12.3. The second kappa shape index (κ2) is 7.92. The molecule has 2 aromatic rings. The molecule has 4 heterocycles. The Hall–Kier alpha value is -2.00. The number of thioether (sulfide) groups is 1. The van der Waals surface area contributed by atoms with Crippen molar-refractivity contribution in [3.05, 3.63) is 10.4 Å². The lowest BCUT2D eigenvalue weighted by atomic mass is 10.1. The number of imidazole rings is 1. The summed E-state index contributed by atoms with van der Waals surface area (Å²) >= 11 is 1.18. The Morgan fingerprint density at radius 1 is 1.47 bits per heavy atom. The fraction of sp³-hybridized carbons (Fsp3) is 0.571. The Morgan fingerprint density at radius 2 is 2.23 bits per heavy atom. The summed E-state index contributed by atoms with van der Waals surface area (Å²) in [7, 11) is -4.56. The molecule has 4 rings (SSSR count). The van der Waals surface area contributed by atoms with E-state index in [0.29, 0.717) is 12.2 Å². The summed E-state index contributed by atoms with van der Waals surface area (Å²) in [6, 6.07) is 0. The zero-order chi connectivity index (χ0) is 21.6. The van der Waals surface area contributed by atoms with Crippen molar-refractivity contribution in [3.63, 3.8) is 0 Å². The Bertz CT molecular complexity index is 1090. The molecule has 14 nitrogen and oxygen atoms in total. The van der Waals surface area contributed by atoms with E-state index in [0.717, 1.165) is 0 Å². The lowest BCUT2D eigenvalue weighted by Gasteiger charge is -2.34. The maximum absolute atomic E-state index is 12.3. The number of hydrogen-bond acceptors (Lipinski definition) is 12. The van der Waals surface area contributed by atoms with Crippen molar-refractivity contribution in [1.29, 1.82) is 0 Å². The SMILES string of the molecule is NC(=O)CCCSc1nc2c(=O)[nH]c(N)nc2n1[C@@H]1OC2COP(=O)([O-])O[C@H]2C1O. The lowest BCUT2D eigenvalue weighted by molar-refractivity contribution is -0.245. The van der Waals surface area contributed by atoms with Crippen molar-refractivity contribution in [1.82, 2.24) is 19.5 Å². The Labute approximate surface area is 172 Å². The van der Waals surface area contributed by atoms with E-state index in [4.69, 9.17) is 20.7 Å². The third kappa shape index (κ3) is 3.97. The highest BCUT2D eigenvalue weighted by molar-refractivity contribution is 7.99. The van der Waals surface area contributed by atoms with Crippen molar-refractivity contribution in [2.24, 2.45) is 5.73 Å². The Kier molecular flexibility index (Phi) is 5.61. The molecular formula is C14H18N6O8PS-. The number of aromatic amines is 1. The van der Waals surface area contributed by atoms with Crippen LogP contribution in [0.1, 0.15) is 19.1 Å². The highest BCUT2D eigenvalue weighted by Gasteiger charge is 2.51. The zero-order valence-corrected chi connectivity index (χ0v) is 17.0. The summed E-state index contributed by atoms with van der Waals surface area (Å²) in [6.45, 7) is -0.330. The van der Waals surface area contributed by atoms with Crippen molar-refractivity contribution >= 4 is 42.6 Å². The number of phosphoric acid groups is 1. The third-order valence-corrected chi connectivity index (χ3v) is 6.55. The van der Waals surface area contributed by atoms with Gasteiger partial charge in [0.25, 0.3) is 13.4 Å². The van der Waals surface area contributed by atoms with E-state index in [1.165, 1.54) is 16.3 Å². The number of carbonyl (C=O) groups excluding carboxylic acids is 1. The fourth-order valence-corrected chi connectivity index (χ4v) is 5.17. The van der Waals surface area contributed by atoms with Gasteiger partial charge < -0.3 is 35.3 Å². The maximum Gasteiger partial charge on any atom is 0.280 e. The molecule has 0 bridgehead atoms. The van der Waals surface area contributed by atoms with Gasteiger partial charge in [0.05, 0.1) is 6.61 Å². The van der Waals surface area contributed by atoms with Crippen molar-refractivity contribution in [2.45, 2.75) is 42.5 Å². The van der Waals surface area contributed by atoms with Crippen LogP contribution in [0.4, 0.5) is 5.95 Å². The monoisotopic (exact) mass is 461 g/mol. The minimum atomic E-state index is -4.56. The number of amides is 1. The van der Waals surface area contributed by atoms with Crippen LogP contribution in [0.3, 0.4) is 0 Å². The van der Waals surface area contributed by atoms with Crippen molar-refractivity contribution < 1.29 is 33.1 Å². The molecule has 2 aliphatic rings. The fourth-order valence-electron chi connectivity index (χ4n) is 3.26. The Morgan fingerprint density at radius 3 is 2.97 bits per heavy atom. The normalized spacial score (nSPS) is 31.1. The first kappa shape index (κ1) is 21.2. The number of rotatable bonds is 6. The first-order chi connectivity index (χ1) is 14.2. The van der Waals surface area contributed by atoms with Gasteiger partial charge in [-0.1, -0.05) is 11.8 Å². The van der Waals surface area contributed by atoms with Gasteiger partial charge in [0, 0.05) is 12.2 Å². The van der Waals surface area contributed by atoms with Crippen LogP contribution >= 0.6 is 19.6 Å². The number of nitrogens with two attached hydrogens (primary N) is 2. The number of phosphoric ester groups is 1. The molecule has 2 aromatic heterocycles. The largest absolute Gasteiger partial charge is 0.756 e. The number of nitrogens with zero attached hydrogens (tertiary/aromatic N) is 3. The summed E-state index contributed by atoms with van der Waals surface area (Å²) in [5.41, 5.74) is 10.2. The molecule has 16 heteroatoms. The number of hydrogen-bond donors (Lipinski definition) is 4. The minimum Gasteiger partial charge on any atom is -0.756 e. The summed E-state index contributed by atoms with van der Waals surface area (Å²) in [6.07, 6.45) is -4.05. The van der Waals surface area contributed by atoms with E-state index in [-0.39, 0.29) is 35.3 Å². The molecule has 0 aliphatic carbocycles. The number of ether oxygens (including phenoxy) is 1. The van der Waals surface area contributed by atoms with Crippen LogP contribution in [-0.4, -0.2) is 61.2 Å². The number of anilines is 1. The zero-order valence-electron chi connectivity index (χ0n) is 15.3. The summed E-state index contributed by atoms with van der Waals surface area (Å²) in [5.74, 6) is -0.203. The molecule has 6 N–H and O–H groups in total. The number of aliphatic hydroxyl groups excluding tert-OH is 1. The second-order valence-corrected chi connectivity index (χ2v) is 9.10. The first-order valence-corrected chi connectivity index (χ1v) is 11.3.